The van der Waals surface area contributed by atoms with Crippen LogP contribution in [0.4, 0.5) is 0 Å². The number of ether oxygens (including phenoxy) is 1. The molecule has 0 saturated heterocycles. The predicted molar refractivity (Wildman–Crippen MR) is 78.7 cm³/mol. The van der Waals surface area contributed by atoms with Crippen LogP contribution in [-0.4, -0.2) is 19.1 Å². The van der Waals surface area contributed by atoms with E-state index in [0.29, 0.717) is 29.6 Å². The highest BCUT2D eigenvalue weighted by atomic mass is 35.5. The topological polar surface area (TPSA) is 52.3 Å². The van der Waals surface area contributed by atoms with Crippen molar-refractivity contribution in [3.05, 3.63) is 33.8 Å². The van der Waals surface area contributed by atoms with E-state index < -0.39 is 5.41 Å². The molecule has 1 aromatic carbocycles. The van der Waals surface area contributed by atoms with Crippen LogP contribution < -0.4 is 5.73 Å². The Morgan fingerprint density at radius 2 is 2.05 bits per heavy atom. The van der Waals surface area contributed by atoms with Gasteiger partial charge in [0.2, 0.25) is 0 Å². The van der Waals surface area contributed by atoms with E-state index in [0.717, 1.165) is 12.0 Å². The maximum Gasteiger partial charge on any atom is 0.316 e. The highest BCUT2D eigenvalue weighted by Gasteiger charge is 2.36. The second-order valence-corrected chi connectivity index (χ2v) is 5.39. The molecule has 0 aliphatic heterocycles. The second kappa shape index (κ2) is 7.13. The molecule has 19 heavy (non-hydrogen) atoms. The summed E-state index contributed by atoms with van der Waals surface area (Å²) < 4.78 is 5.17. The Balaban J connectivity index is 3.14. The Hall–Kier alpha value is -0.770. The van der Waals surface area contributed by atoms with Crippen molar-refractivity contribution >= 4 is 29.2 Å². The quantitative estimate of drug-likeness (QED) is 0.818. The third kappa shape index (κ3) is 3.85. The monoisotopic (exact) mass is 303 g/mol. The lowest BCUT2D eigenvalue weighted by atomic mass is 9.78. The first-order valence-corrected chi connectivity index (χ1v) is 7.04. The fourth-order valence-corrected chi connectivity index (χ4v) is 2.25. The molecule has 5 heteroatoms. The Morgan fingerprint density at radius 1 is 1.37 bits per heavy atom. The zero-order valence-corrected chi connectivity index (χ0v) is 12.7. The zero-order valence-electron chi connectivity index (χ0n) is 11.2. The van der Waals surface area contributed by atoms with Crippen LogP contribution in [0.1, 0.15) is 32.3 Å². The summed E-state index contributed by atoms with van der Waals surface area (Å²) in [5.74, 6) is -0.262. The number of carbonyl (C=O) groups excluding carboxylic acids is 1. The van der Waals surface area contributed by atoms with E-state index in [1.807, 2.05) is 13.0 Å². The number of benzene rings is 1. The Kier molecular flexibility index (Phi) is 6.11. The van der Waals surface area contributed by atoms with Crippen molar-refractivity contribution in [2.45, 2.75) is 32.1 Å². The molecule has 0 fully saturated rings. The molecule has 0 spiro atoms. The van der Waals surface area contributed by atoms with E-state index >= 15 is 0 Å². The minimum Gasteiger partial charge on any atom is -0.465 e. The van der Waals surface area contributed by atoms with E-state index in [9.17, 15) is 4.79 Å². The van der Waals surface area contributed by atoms with Gasteiger partial charge in [0.15, 0.2) is 0 Å². The van der Waals surface area contributed by atoms with Crippen LogP contribution in [-0.2, 0) is 14.9 Å². The molecular weight excluding hydrogens is 285 g/mol. The van der Waals surface area contributed by atoms with Gasteiger partial charge in [-0.3, -0.25) is 4.79 Å². The van der Waals surface area contributed by atoms with Crippen molar-refractivity contribution in [3.63, 3.8) is 0 Å². The summed E-state index contributed by atoms with van der Waals surface area (Å²) >= 11 is 11.9. The molecule has 0 aromatic heterocycles. The van der Waals surface area contributed by atoms with Gasteiger partial charge in [-0.1, -0.05) is 29.3 Å². The van der Waals surface area contributed by atoms with Gasteiger partial charge in [-0.2, -0.15) is 0 Å². The predicted octanol–water partition coefficient (Wildman–Crippen LogP) is 3.55. The second-order valence-electron chi connectivity index (χ2n) is 4.57. The summed E-state index contributed by atoms with van der Waals surface area (Å²) in [6, 6.07) is 5.22. The molecule has 0 heterocycles. The highest BCUT2D eigenvalue weighted by Crippen LogP contribution is 2.34. The fourth-order valence-electron chi connectivity index (χ4n) is 1.95. The van der Waals surface area contributed by atoms with Crippen molar-refractivity contribution in [1.82, 2.24) is 0 Å². The van der Waals surface area contributed by atoms with E-state index in [2.05, 4.69) is 0 Å². The van der Waals surface area contributed by atoms with Gasteiger partial charge >= 0.3 is 5.97 Å². The molecule has 1 atom stereocenters. The number of rotatable bonds is 6. The summed E-state index contributed by atoms with van der Waals surface area (Å²) in [6.45, 7) is 4.50. The van der Waals surface area contributed by atoms with Crippen LogP contribution in [0.15, 0.2) is 18.2 Å². The minimum absolute atomic E-state index is 0.262. The number of nitrogens with two attached hydrogens (primary N) is 1. The van der Waals surface area contributed by atoms with Crippen molar-refractivity contribution in [3.8, 4) is 0 Å². The average Bonchev–Trinajstić information content (AvgIpc) is 2.39. The number of hydrogen-bond acceptors (Lipinski definition) is 3. The van der Waals surface area contributed by atoms with Crippen LogP contribution in [0, 0.1) is 0 Å². The van der Waals surface area contributed by atoms with Gasteiger partial charge in [0, 0.05) is 0 Å². The van der Waals surface area contributed by atoms with Crippen LogP contribution in [0.25, 0.3) is 0 Å². The van der Waals surface area contributed by atoms with Gasteiger partial charge in [-0.05, 0) is 50.9 Å². The van der Waals surface area contributed by atoms with E-state index in [1.165, 1.54) is 0 Å². The maximum absolute atomic E-state index is 12.2. The summed E-state index contributed by atoms with van der Waals surface area (Å²) in [4.78, 5) is 12.2. The molecule has 0 aliphatic rings. The summed E-state index contributed by atoms with van der Waals surface area (Å²) in [6.07, 6.45) is 1.34. The fraction of sp³-hybridized carbons (Fsp3) is 0.500. The maximum atomic E-state index is 12.2. The lowest BCUT2D eigenvalue weighted by molar-refractivity contribution is -0.149. The normalized spacial score (nSPS) is 13.9. The van der Waals surface area contributed by atoms with Gasteiger partial charge in [-0.25, -0.2) is 0 Å². The molecule has 0 bridgehead atoms. The molecule has 106 valence electrons. The number of carbonyl (C=O) groups is 1. The lowest BCUT2D eigenvalue weighted by Gasteiger charge is -2.28. The van der Waals surface area contributed by atoms with Crippen molar-refractivity contribution in [1.29, 1.82) is 0 Å². The minimum atomic E-state index is -0.746. The smallest absolute Gasteiger partial charge is 0.316 e. The first-order chi connectivity index (χ1) is 8.95. The summed E-state index contributed by atoms with van der Waals surface area (Å²) in [5, 5.41) is 0.901. The number of halogens is 2. The molecule has 1 aromatic rings. The Bertz CT molecular complexity index is 451. The van der Waals surface area contributed by atoms with Gasteiger partial charge < -0.3 is 10.5 Å². The average molecular weight is 304 g/mol. The SMILES string of the molecule is CCOC(=O)C(C)(CCCN)c1ccc(Cl)c(Cl)c1. The molecule has 1 rings (SSSR count). The first-order valence-electron chi connectivity index (χ1n) is 6.28. The summed E-state index contributed by atoms with van der Waals surface area (Å²) in [5.41, 5.74) is 5.60. The number of esters is 1. The standard InChI is InChI=1S/C14H19Cl2NO2/c1-3-19-13(18)14(2,7-4-8-17)10-5-6-11(15)12(16)9-10/h5-6,9H,3-4,7-8,17H2,1-2H3. The van der Waals surface area contributed by atoms with Crippen molar-refractivity contribution in [2.24, 2.45) is 5.73 Å². The summed E-state index contributed by atoms with van der Waals surface area (Å²) in [7, 11) is 0. The largest absolute Gasteiger partial charge is 0.465 e. The van der Waals surface area contributed by atoms with Crippen LogP contribution in [0.3, 0.4) is 0 Å². The van der Waals surface area contributed by atoms with Gasteiger partial charge in [-0.15, -0.1) is 0 Å². The van der Waals surface area contributed by atoms with Gasteiger partial charge in [0.1, 0.15) is 0 Å². The van der Waals surface area contributed by atoms with Crippen LogP contribution >= 0.6 is 23.2 Å². The zero-order chi connectivity index (χ0) is 14.5. The lowest BCUT2D eigenvalue weighted by Crippen LogP contribution is -2.35. The van der Waals surface area contributed by atoms with E-state index in [-0.39, 0.29) is 5.97 Å². The molecule has 2 N–H and O–H groups in total. The van der Waals surface area contributed by atoms with Crippen molar-refractivity contribution in [2.75, 3.05) is 13.2 Å². The molecule has 0 amide bonds. The first kappa shape index (κ1) is 16.3. The third-order valence-electron chi connectivity index (χ3n) is 3.16. The Morgan fingerprint density at radius 3 is 2.58 bits per heavy atom. The molecular formula is C14H19Cl2NO2. The molecule has 0 aliphatic carbocycles. The molecule has 0 radical (unpaired) electrons. The third-order valence-corrected chi connectivity index (χ3v) is 3.90. The van der Waals surface area contributed by atoms with Gasteiger partial charge in [0.05, 0.1) is 22.1 Å². The molecule has 3 nitrogen and oxygen atoms in total. The van der Waals surface area contributed by atoms with E-state index in [1.54, 1.807) is 19.1 Å². The van der Waals surface area contributed by atoms with Crippen molar-refractivity contribution < 1.29 is 9.53 Å². The molecule has 1 unspecified atom stereocenters. The molecule has 0 saturated carbocycles. The van der Waals surface area contributed by atoms with Gasteiger partial charge in [0.25, 0.3) is 0 Å². The van der Waals surface area contributed by atoms with Crippen LogP contribution in [0.2, 0.25) is 10.0 Å². The Labute approximate surface area is 124 Å². The highest BCUT2D eigenvalue weighted by molar-refractivity contribution is 6.42. The van der Waals surface area contributed by atoms with E-state index in [4.69, 9.17) is 33.7 Å². The number of hydrogen-bond donors (Lipinski definition) is 1. The van der Waals surface area contributed by atoms with Crippen LogP contribution in [0.5, 0.6) is 0 Å².